The van der Waals surface area contributed by atoms with Gasteiger partial charge in [0.15, 0.2) is 11.5 Å². The van der Waals surface area contributed by atoms with Gasteiger partial charge in [0, 0.05) is 13.6 Å². The Labute approximate surface area is 179 Å². The number of anilines is 2. The van der Waals surface area contributed by atoms with Crippen LogP contribution in [-0.4, -0.2) is 28.9 Å². The summed E-state index contributed by atoms with van der Waals surface area (Å²) in [4.78, 5) is 41.3. The predicted octanol–water partition coefficient (Wildman–Crippen LogP) is 2.89. The summed E-state index contributed by atoms with van der Waals surface area (Å²) in [5, 5.41) is 0. The number of nitrogen functional groups attached to an aromatic ring is 1. The van der Waals surface area contributed by atoms with Gasteiger partial charge >= 0.3 is 5.69 Å². The number of aromatic amines is 1. The highest BCUT2D eigenvalue weighted by Crippen LogP contribution is 2.31. The van der Waals surface area contributed by atoms with Gasteiger partial charge in [-0.1, -0.05) is 44.2 Å². The number of nitrogens with two attached hydrogens (primary N) is 1. The molecule has 1 aromatic heterocycles. The third kappa shape index (κ3) is 5.03. The Morgan fingerprint density at radius 1 is 1.10 bits per heavy atom. The molecule has 0 unspecified atom stereocenters. The number of nitrogens with one attached hydrogen (secondary N) is 1. The van der Waals surface area contributed by atoms with Crippen LogP contribution in [0.25, 0.3) is 0 Å². The number of carbonyl (C=O) groups excluding carboxylic acids is 1. The number of Topliss-reactive ketones (excluding diaryl/α,β-unsaturated/α-hetero) is 1. The third-order valence-corrected chi connectivity index (χ3v) is 4.69. The van der Waals surface area contributed by atoms with E-state index < -0.39 is 17.0 Å². The second-order valence-electron chi connectivity index (χ2n) is 7.69. The van der Waals surface area contributed by atoms with Crippen molar-refractivity contribution in [1.82, 2.24) is 9.55 Å². The van der Waals surface area contributed by atoms with E-state index in [1.165, 1.54) is 4.57 Å². The van der Waals surface area contributed by atoms with Crippen molar-refractivity contribution in [2.24, 2.45) is 5.92 Å². The molecule has 2 aromatic carbocycles. The van der Waals surface area contributed by atoms with Crippen LogP contribution < -0.4 is 26.6 Å². The molecule has 0 saturated heterocycles. The molecule has 0 saturated carbocycles. The lowest BCUT2D eigenvalue weighted by Gasteiger charge is -2.22. The van der Waals surface area contributed by atoms with Crippen LogP contribution in [-0.2, 0) is 6.54 Å². The average molecular weight is 422 g/mol. The molecule has 1 heterocycles. The molecule has 8 nitrogen and oxygen atoms in total. The molecule has 31 heavy (non-hydrogen) atoms. The molecule has 3 rings (SSSR count). The molecule has 0 bridgehead atoms. The molecule has 0 radical (unpaired) electrons. The molecule has 3 N–H and O–H groups in total. The minimum absolute atomic E-state index is 0.110. The number of ketones is 1. The molecule has 0 atom stereocenters. The maximum absolute atomic E-state index is 13.0. The largest absolute Gasteiger partial charge is 0.455 e. The number of hydrogen-bond donors (Lipinski definition) is 2. The third-order valence-electron chi connectivity index (χ3n) is 4.69. The zero-order chi connectivity index (χ0) is 22.5. The van der Waals surface area contributed by atoms with E-state index in [0.29, 0.717) is 23.7 Å². The summed E-state index contributed by atoms with van der Waals surface area (Å²) in [7, 11) is 1.72. The molecule has 0 aliphatic heterocycles. The summed E-state index contributed by atoms with van der Waals surface area (Å²) in [6.45, 7) is 4.00. The molecular weight excluding hydrogens is 396 g/mol. The second kappa shape index (κ2) is 9.34. The van der Waals surface area contributed by atoms with Gasteiger partial charge in [-0.2, -0.15) is 0 Å². The van der Waals surface area contributed by atoms with Crippen LogP contribution in [0, 0.1) is 5.92 Å². The van der Waals surface area contributed by atoms with E-state index in [1.54, 1.807) is 18.0 Å². The van der Waals surface area contributed by atoms with Gasteiger partial charge in [-0.05, 0) is 30.2 Å². The van der Waals surface area contributed by atoms with Crippen molar-refractivity contribution < 1.29 is 9.53 Å². The summed E-state index contributed by atoms with van der Waals surface area (Å²) in [6.07, 6.45) is 0. The zero-order valence-electron chi connectivity index (χ0n) is 17.8. The Balaban J connectivity index is 1.88. The second-order valence-corrected chi connectivity index (χ2v) is 7.69. The van der Waals surface area contributed by atoms with Crippen LogP contribution in [0.5, 0.6) is 11.5 Å². The number of rotatable bonds is 8. The van der Waals surface area contributed by atoms with Gasteiger partial charge in [-0.25, -0.2) is 4.79 Å². The lowest BCUT2D eigenvalue weighted by atomic mass is 10.1. The summed E-state index contributed by atoms with van der Waals surface area (Å²) in [5.41, 5.74) is 5.11. The van der Waals surface area contributed by atoms with E-state index in [9.17, 15) is 14.4 Å². The molecule has 8 heteroatoms. The van der Waals surface area contributed by atoms with Gasteiger partial charge in [0.05, 0.1) is 12.2 Å². The Bertz CT molecular complexity index is 1180. The Kier molecular flexibility index (Phi) is 6.59. The minimum Gasteiger partial charge on any atom is -0.455 e. The maximum Gasteiger partial charge on any atom is 0.329 e. The number of nitrogens with zero attached hydrogens (tertiary/aromatic N) is 2. The number of hydrogen-bond acceptors (Lipinski definition) is 6. The summed E-state index contributed by atoms with van der Waals surface area (Å²) >= 11 is 0. The molecule has 0 fully saturated rings. The van der Waals surface area contributed by atoms with Gasteiger partial charge in [0.25, 0.3) is 5.56 Å². The highest BCUT2D eigenvalue weighted by atomic mass is 16.5. The van der Waals surface area contributed by atoms with Crippen LogP contribution >= 0.6 is 0 Å². The normalized spacial score (nSPS) is 10.8. The van der Waals surface area contributed by atoms with Crippen molar-refractivity contribution in [2.45, 2.75) is 20.4 Å². The number of ether oxygens (including phenoxy) is 1. The van der Waals surface area contributed by atoms with Gasteiger partial charge in [-0.15, -0.1) is 0 Å². The molecular formula is C23H26N4O4. The number of aromatic nitrogens is 2. The van der Waals surface area contributed by atoms with E-state index >= 15 is 0 Å². The van der Waals surface area contributed by atoms with Crippen molar-refractivity contribution >= 4 is 17.3 Å². The zero-order valence-corrected chi connectivity index (χ0v) is 17.8. The van der Waals surface area contributed by atoms with Gasteiger partial charge in [0.1, 0.15) is 17.1 Å². The van der Waals surface area contributed by atoms with Crippen molar-refractivity contribution in [1.29, 1.82) is 0 Å². The van der Waals surface area contributed by atoms with Crippen molar-refractivity contribution in [2.75, 3.05) is 24.2 Å². The first kappa shape index (κ1) is 21.9. The first-order valence-corrected chi connectivity index (χ1v) is 9.96. The molecule has 0 amide bonds. The quantitative estimate of drug-likeness (QED) is 0.540. The van der Waals surface area contributed by atoms with E-state index in [4.69, 9.17) is 10.5 Å². The predicted molar refractivity (Wildman–Crippen MR) is 121 cm³/mol. The molecule has 0 aliphatic carbocycles. The van der Waals surface area contributed by atoms with Gasteiger partial charge < -0.3 is 15.4 Å². The Morgan fingerprint density at radius 2 is 1.74 bits per heavy atom. The highest BCUT2D eigenvalue weighted by Gasteiger charge is 2.22. The SMILES string of the molecule is CC(C)Cn1c(N)c(C(=O)CN(C)c2ccccc2Oc2ccccc2)c(=O)[nH]c1=O. The monoisotopic (exact) mass is 422 g/mol. The van der Waals surface area contributed by atoms with Crippen molar-refractivity contribution in [3.63, 3.8) is 0 Å². The molecule has 0 spiro atoms. The fourth-order valence-corrected chi connectivity index (χ4v) is 3.26. The van der Waals surface area contributed by atoms with Gasteiger partial charge in [-0.3, -0.25) is 19.1 Å². The first-order chi connectivity index (χ1) is 14.8. The van der Waals surface area contributed by atoms with Crippen LogP contribution in [0.15, 0.2) is 64.2 Å². The van der Waals surface area contributed by atoms with Crippen LogP contribution in [0.3, 0.4) is 0 Å². The average Bonchev–Trinajstić information content (AvgIpc) is 2.72. The van der Waals surface area contributed by atoms with E-state index in [0.717, 1.165) is 0 Å². The van der Waals surface area contributed by atoms with Crippen LogP contribution in [0.4, 0.5) is 11.5 Å². The molecule has 162 valence electrons. The summed E-state index contributed by atoms with van der Waals surface area (Å²) in [5.74, 6) is 0.730. The number of benzene rings is 2. The summed E-state index contributed by atoms with van der Waals surface area (Å²) in [6, 6.07) is 16.6. The Morgan fingerprint density at radius 3 is 2.42 bits per heavy atom. The van der Waals surface area contributed by atoms with Crippen LogP contribution in [0.2, 0.25) is 0 Å². The van der Waals surface area contributed by atoms with E-state index in [1.807, 2.05) is 62.4 Å². The van der Waals surface area contributed by atoms with E-state index in [2.05, 4.69) is 4.98 Å². The maximum atomic E-state index is 13.0. The fourth-order valence-electron chi connectivity index (χ4n) is 3.26. The first-order valence-electron chi connectivity index (χ1n) is 9.96. The number of para-hydroxylation sites is 3. The topological polar surface area (TPSA) is 110 Å². The number of likely N-dealkylation sites (N-methyl/N-ethyl adjacent to an activating group) is 1. The fraction of sp³-hybridized carbons (Fsp3) is 0.261. The van der Waals surface area contributed by atoms with Gasteiger partial charge in [0.2, 0.25) is 0 Å². The number of carbonyl (C=O) groups is 1. The number of H-pyrrole nitrogens is 1. The lowest BCUT2D eigenvalue weighted by Crippen LogP contribution is -2.39. The summed E-state index contributed by atoms with van der Waals surface area (Å²) < 4.78 is 7.18. The smallest absolute Gasteiger partial charge is 0.329 e. The minimum atomic E-state index is -0.783. The standard InChI is InChI=1S/C23H26N4O4/c1-15(2)13-27-21(24)20(22(29)25-23(27)30)18(28)14-26(3)17-11-7-8-12-19(17)31-16-9-5-4-6-10-16/h4-12,15H,13-14,24H2,1-3H3,(H,25,29,30). The van der Waals surface area contributed by atoms with Crippen molar-refractivity contribution in [3.8, 4) is 11.5 Å². The van der Waals surface area contributed by atoms with E-state index in [-0.39, 0.29) is 23.8 Å². The highest BCUT2D eigenvalue weighted by molar-refractivity contribution is 6.02. The molecule has 3 aromatic rings. The van der Waals surface area contributed by atoms with Crippen LogP contribution in [0.1, 0.15) is 24.2 Å². The van der Waals surface area contributed by atoms with Crippen molar-refractivity contribution in [3.05, 3.63) is 81.0 Å². The lowest BCUT2D eigenvalue weighted by molar-refractivity contribution is 0.0999. The Hall–Kier alpha value is -3.81. The molecule has 0 aliphatic rings.